The minimum Gasteiger partial charge on any atom is -0.748 e. The van der Waals surface area contributed by atoms with Crippen LogP contribution in [0.25, 0.3) is 0 Å². The maximum atomic E-state index is 10.2. The molecule has 0 saturated heterocycles. The molecule has 4 heteroatoms. The molecule has 0 amide bonds. The highest BCUT2D eigenvalue weighted by molar-refractivity contribution is 4.71. The Morgan fingerprint density at radius 1 is 1.50 bits per heavy atom. The Labute approximate surface area is 61.4 Å². The van der Waals surface area contributed by atoms with E-state index in [1.54, 1.807) is 0 Å². The van der Waals surface area contributed by atoms with Crippen molar-refractivity contribution in [1.82, 2.24) is 5.34 Å². The first kappa shape index (κ1) is 9.84. The first-order chi connectivity index (χ1) is 4.36. The van der Waals surface area contributed by atoms with Crippen LogP contribution in [0.5, 0.6) is 0 Å². The van der Waals surface area contributed by atoms with E-state index in [0.717, 1.165) is 0 Å². The molecule has 2 N–H and O–H groups in total. The van der Waals surface area contributed by atoms with Crippen LogP contribution in [0.2, 0.25) is 0 Å². The highest BCUT2D eigenvalue weighted by atomic mass is 16.9. The van der Waals surface area contributed by atoms with Crippen LogP contribution >= 0.6 is 0 Å². The van der Waals surface area contributed by atoms with E-state index >= 15 is 0 Å². The third-order valence-corrected chi connectivity index (χ3v) is 1.72. The van der Waals surface area contributed by atoms with Gasteiger partial charge < -0.3 is 5.21 Å². The topological polar surface area (TPSA) is 61.5 Å². The summed E-state index contributed by atoms with van der Waals surface area (Å²) < 4.78 is 0. The Balaban J connectivity index is 3.87. The summed E-state index contributed by atoms with van der Waals surface area (Å²) >= 11 is 0. The summed E-state index contributed by atoms with van der Waals surface area (Å²) in [6.45, 7) is 7.55. The molecule has 0 atom stereocenters. The molecule has 0 fully saturated rings. The molecule has 4 nitrogen and oxygen atoms in total. The van der Waals surface area contributed by atoms with E-state index in [-0.39, 0.29) is 11.3 Å². The summed E-state index contributed by atoms with van der Waals surface area (Å²) in [5, 5.41) is 10.2. The van der Waals surface area contributed by atoms with Gasteiger partial charge in [-0.05, 0) is 19.8 Å². The van der Waals surface area contributed by atoms with Gasteiger partial charge in [-0.3, -0.25) is 10.7 Å². The Kier molecular flexibility index (Phi) is 3.24. The third-order valence-electron chi connectivity index (χ3n) is 1.72. The summed E-state index contributed by atoms with van der Waals surface area (Å²) in [6.07, 6.45) is 0. The van der Waals surface area contributed by atoms with Crippen LogP contribution in [0.1, 0.15) is 27.7 Å². The minimum absolute atomic E-state index is 0. The lowest BCUT2D eigenvalue weighted by Crippen LogP contribution is -2.40. The molecule has 0 aliphatic heterocycles. The van der Waals surface area contributed by atoms with Gasteiger partial charge in [0.05, 0.1) is 5.60 Å². The fourth-order valence-corrected chi connectivity index (χ4v) is 0.337. The number of hydrazine groups is 1. The second-order valence-corrected chi connectivity index (χ2v) is 3.13. The molecule has 62 valence electrons. The zero-order valence-corrected chi connectivity index (χ0v) is 6.92. The zero-order valence-electron chi connectivity index (χ0n) is 6.92. The van der Waals surface area contributed by atoms with Crippen molar-refractivity contribution in [2.24, 2.45) is 11.8 Å². The lowest BCUT2D eigenvalue weighted by molar-refractivity contribution is -0.224. The molecular formula is C6H15N2O2-. The predicted molar refractivity (Wildman–Crippen MR) is 39.4 cm³/mol. The second kappa shape index (κ2) is 3.30. The minimum atomic E-state index is -0.490. The van der Waals surface area contributed by atoms with Gasteiger partial charge in [-0.2, -0.15) is 5.34 Å². The molecule has 0 bridgehead atoms. The quantitative estimate of drug-likeness (QED) is 0.478. The number of nitrogens with two attached hydrogens (primary N) is 1. The van der Waals surface area contributed by atoms with E-state index in [0.29, 0.717) is 0 Å². The first-order valence-corrected chi connectivity index (χ1v) is 3.27. The molecule has 0 unspecified atom stereocenters. The largest absolute Gasteiger partial charge is 0.748 e. The molecule has 0 aromatic carbocycles. The molecule has 0 aliphatic carbocycles. The van der Waals surface area contributed by atoms with Crippen LogP contribution in [0.4, 0.5) is 0 Å². The van der Waals surface area contributed by atoms with E-state index in [2.05, 4.69) is 0 Å². The third kappa shape index (κ3) is 3.12. The summed E-state index contributed by atoms with van der Waals surface area (Å²) in [4.78, 5) is 4.75. The lowest BCUT2D eigenvalue weighted by atomic mass is 9.95. The summed E-state index contributed by atoms with van der Waals surface area (Å²) in [5.41, 5.74) is -0.490. The first-order valence-electron chi connectivity index (χ1n) is 3.27. The Bertz CT molecular complexity index is 102. The molecule has 0 heterocycles. The Hall–Kier alpha value is -0.160. The van der Waals surface area contributed by atoms with E-state index in [1.807, 2.05) is 27.7 Å². The molecule has 0 saturated carbocycles. The van der Waals surface area contributed by atoms with Crippen LogP contribution in [0.3, 0.4) is 0 Å². The summed E-state index contributed by atoms with van der Waals surface area (Å²) in [5.74, 6) is 5.03. The highest BCUT2D eigenvalue weighted by Crippen LogP contribution is 2.20. The number of hydrogen-bond donors (Lipinski definition) is 1. The van der Waals surface area contributed by atoms with E-state index in [1.165, 1.54) is 0 Å². The van der Waals surface area contributed by atoms with Crippen molar-refractivity contribution in [3.05, 3.63) is 5.21 Å². The smallest absolute Gasteiger partial charge is 0.0870 e. The number of hydrogen-bond acceptors (Lipinski definition) is 4. The van der Waals surface area contributed by atoms with Gasteiger partial charge >= 0.3 is 0 Å². The van der Waals surface area contributed by atoms with Gasteiger partial charge in [-0.15, -0.1) is 0 Å². The van der Waals surface area contributed by atoms with Crippen LogP contribution in [-0.2, 0) is 4.84 Å². The average Bonchev–Trinajstić information content (AvgIpc) is 1.60. The van der Waals surface area contributed by atoms with Crippen molar-refractivity contribution in [1.29, 1.82) is 0 Å². The lowest BCUT2D eigenvalue weighted by Gasteiger charge is -2.35. The fourth-order valence-electron chi connectivity index (χ4n) is 0.337. The average molecular weight is 147 g/mol. The van der Waals surface area contributed by atoms with Gasteiger partial charge in [0.1, 0.15) is 0 Å². The SMILES string of the molecule is CC(C)C(C)(C)ON(N)[O-]. The van der Waals surface area contributed by atoms with Gasteiger partial charge in [0.2, 0.25) is 0 Å². The van der Waals surface area contributed by atoms with Crippen molar-refractivity contribution < 1.29 is 4.84 Å². The normalized spacial score (nSPS) is 13.2. The van der Waals surface area contributed by atoms with Gasteiger partial charge in [0, 0.05) is 0 Å². The van der Waals surface area contributed by atoms with Crippen LogP contribution in [0, 0.1) is 11.1 Å². The fraction of sp³-hybridized carbons (Fsp3) is 1.00. The second-order valence-electron chi connectivity index (χ2n) is 3.13. The molecule has 10 heavy (non-hydrogen) atoms. The van der Waals surface area contributed by atoms with Crippen LogP contribution < -0.4 is 5.84 Å². The maximum absolute atomic E-state index is 10.2. The monoisotopic (exact) mass is 147 g/mol. The van der Waals surface area contributed by atoms with Gasteiger partial charge in [-0.25, -0.2) is 0 Å². The summed E-state index contributed by atoms with van der Waals surface area (Å²) in [6, 6.07) is 0. The van der Waals surface area contributed by atoms with Crippen molar-refractivity contribution in [3.63, 3.8) is 0 Å². The van der Waals surface area contributed by atoms with Crippen LogP contribution in [-0.4, -0.2) is 10.9 Å². The molecule has 0 aromatic heterocycles. The van der Waals surface area contributed by atoms with E-state index in [9.17, 15) is 5.21 Å². The van der Waals surface area contributed by atoms with Gasteiger partial charge in [0.25, 0.3) is 0 Å². The molecule has 0 rings (SSSR count). The van der Waals surface area contributed by atoms with Gasteiger partial charge in [-0.1, -0.05) is 13.8 Å². The number of nitrogens with zero attached hydrogens (tertiary/aromatic N) is 1. The molecule has 0 radical (unpaired) electrons. The summed E-state index contributed by atoms with van der Waals surface area (Å²) in [7, 11) is 0. The Morgan fingerprint density at radius 3 is 2.00 bits per heavy atom. The zero-order chi connectivity index (χ0) is 8.36. The predicted octanol–water partition coefficient (Wildman–Crippen LogP) is 1.03. The molecule has 0 aromatic rings. The van der Waals surface area contributed by atoms with Crippen LogP contribution in [0.15, 0.2) is 0 Å². The number of rotatable bonds is 3. The highest BCUT2D eigenvalue weighted by Gasteiger charge is 2.23. The molecular weight excluding hydrogens is 132 g/mol. The van der Waals surface area contributed by atoms with E-state index in [4.69, 9.17) is 10.7 Å². The van der Waals surface area contributed by atoms with Crippen molar-refractivity contribution in [2.45, 2.75) is 33.3 Å². The maximum Gasteiger partial charge on any atom is 0.0870 e. The molecule has 0 spiro atoms. The Morgan fingerprint density at radius 2 is 1.90 bits per heavy atom. The van der Waals surface area contributed by atoms with Gasteiger partial charge in [0.15, 0.2) is 0 Å². The standard InChI is InChI=1S/C6H15N2O2/c1-5(2)6(3,4)10-8(7)9/h5H,7H2,1-4H3/q-1. The van der Waals surface area contributed by atoms with Crippen molar-refractivity contribution in [2.75, 3.05) is 0 Å². The molecule has 0 aliphatic rings. The van der Waals surface area contributed by atoms with Crippen molar-refractivity contribution >= 4 is 0 Å². The van der Waals surface area contributed by atoms with Crippen molar-refractivity contribution in [3.8, 4) is 0 Å². The van der Waals surface area contributed by atoms with E-state index < -0.39 is 5.60 Å².